The first-order chi connectivity index (χ1) is 7.78. The number of aromatic nitrogens is 3. The predicted octanol–water partition coefficient (Wildman–Crippen LogP) is 2.64. The van der Waals surface area contributed by atoms with Gasteiger partial charge in [-0.05, 0) is 35.0 Å². The second-order valence-electron chi connectivity index (χ2n) is 3.31. The SMILES string of the molecule is CCn1cc(COc2ccc(Br)nc2)cn1. The number of hydrogen-bond donors (Lipinski definition) is 0. The van der Waals surface area contributed by atoms with Crippen molar-refractivity contribution in [3.8, 4) is 5.75 Å². The van der Waals surface area contributed by atoms with Crippen molar-refractivity contribution in [2.45, 2.75) is 20.1 Å². The highest BCUT2D eigenvalue weighted by Gasteiger charge is 1.99. The van der Waals surface area contributed by atoms with Crippen molar-refractivity contribution < 1.29 is 4.74 Å². The zero-order valence-electron chi connectivity index (χ0n) is 8.93. The van der Waals surface area contributed by atoms with Crippen LogP contribution in [0.3, 0.4) is 0 Å². The molecule has 0 aliphatic carbocycles. The summed E-state index contributed by atoms with van der Waals surface area (Å²) in [5.41, 5.74) is 1.06. The highest BCUT2D eigenvalue weighted by molar-refractivity contribution is 9.10. The molecule has 2 aromatic rings. The van der Waals surface area contributed by atoms with Crippen LogP contribution >= 0.6 is 15.9 Å². The Kier molecular flexibility index (Phi) is 3.56. The standard InChI is InChI=1S/C11H12BrN3O/c1-2-15-7-9(5-14-15)8-16-10-3-4-11(12)13-6-10/h3-7H,2,8H2,1H3. The quantitative estimate of drug-likeness (QED) is 0.809. The van der Waals surface area contributed by atoms with Crippen LogP contribution in [0, 0.1) is 0 Å². The van der Waals surface area contributed by atoms with Gasteiger partial charge in [-0.1, -0.05) is 0 Å². The van der Waals surface area contributed by atoms with E-state index in [1.54, 1.807) is 6.20 Å². The fourth-order valence-electron chi connectivity index (χ4n) is 1.27. The molecule has 4 nitrogen and oxygen atoms in total. The summed E-state index contributed by atoms with van der Waals surface area (Å²) >= 11 is 3.27. The van der Waals surface area contributed by atoms with Gasteiger partial charge in [0.25, 0.3) is 0 Å². The number of aryl methyl sites for hydroxylation is 1. The lowest BCUT2D eigenvalue weighted by Crippen LogP contribution is -1.95. The number of pyridine rings is 1. The lowest BCUT2D eigenvalue weighted by molar-refractivity contribution is 0.304. The van der Waals surface area contributed by atoms with E-state index in [9.17, 15) is 0 Å². The molecule has 84 valence electrons. The molecule has 2 rings (SSSR count). The van der Waals surface area contributed by atoms with Crippen molar-refractivity contribution in [1.82, 2.24) is 14.8 Å². The smallest absolute Gasteiger partial charge is 0.138 e. The summed E-state index contributed by atoms with van der Waals surface area (Å²) in [5, 5.41) is 4.17. The minimum Gasteiger partial charge on any atom is -0.487 e. The average Bonchev–Trinajstić information content (AvgIpc) is 2.76. The van der Waals surface area contributed by atoms with Crippen LogP contribution in [-0.4, -0.2) is 14.8 Å². The summed E-state index contributed by atoms with van der Waals surface area (Å²) in [6.45, 7) is 3.44. The van der Waals surface area contributed by atoms with Crippen LogP contribution in [0.5, 0.6) is 5.75 Å². The van der Waals surface area contributed by atoms with Gasteiger partial charge < -0.3 is 4.74 Å². The summed E-state index contributed by atoms with van der Waals surface area (Å²) < 4.78 is 8.25. The normalized spacial score (nSPS) is 10.4. The van der Waals surface area contributed by atoms with Crippen LogP contribution in [0.2, 0.25) is 0 Å². The molecule has 0 N–H and O–H groups in total. The number of nitrogens with zero attached hydrogens (tertiary/aromatic N) is 3. The second-order valence-corrected chi connectivity index (χ2v) is 4.12. The van der Waals surface area contributed by atoms with Crippen LogP contribution in [0.4, 0.5) is 0 Å². The van der Waals surface area contributed by atoms with Crippen LogP contribution < -0.4 is 4.74 Å². The van der Waals surface area contributed by atoms with Crippen molar-refractivity contribution in [3.05, 3.63) is 40.9 Å². The molecule has 0 bridgehead atoms. The Bertz CT molecular complexity index is 453. The maximum absolute atomic E-state index is 5.57. The fraction of sp³-hybridized carbons (Fsp3) is 0.273. The van der Waals surface area contributed by atoms with E-state index in [1.807, 2.05) is 29.2 Å². The molecule has 0 aliphatic heterocycles. The zero-order valence-corrected chi connectivity index (χ0v) is 10.5. The lowest BCUT2D eigenvalue weighted by atomic mass is 10.4. The monoisotopic (exact) mass is 281 g/mol. The molecule has 0 saturated carbocycles. The van der Waals surface area contributed by atoms with Crippen molar-refractivity contribution in [2.75, 3.05) is 0 Å². The zero-order chi connectivity index (χ0) is 11.4. The molecule has 0 aliphatic rings. The summed E-state index contributed by atoms with van der Waals surface area (Å²) in [7, 11) is 0. The second kappa shape index (κ2) is 5.12. The van der Waals surface area contributed by atoms with Gasteiger partial charge >= 0.3 is 0 Å². The van der Waals surface area contributed by atoms with Gasteiger partial charge in [0.2, 0.25) is 0 Å². The van der Waals surface area contributed by atoms with Crippen molar-refractivity contribution in [3.63, 3.8) is 0 Å². The molecule has 0 spiro atoms. The fourth-order valence-corrected chi connectivity index (χ4v) is 1.50. The highest BCUT2D eigenvalue weighted by atomic mass is 79.9. The molecule has 0 saturated heterocycles. The molecule has 0 amide bonds. The lowest BCUT2D eigenvalue weighted by Gasteiger charge is -2.03. The Labute approximate surface area is 102 Å². The first-order valence-corrected chi connectivity index (χ1v) is 5.83. The first-order valence-electron chi connectivity index (χ1n) is 5.03. The van der Waals surface area contributed by atoms with E-state index < -0.39 is 0 Å². The predicted molar refractivity (Wildman–Crippen MR) is 64.2 cm³/mol. The topological polar surface area (TPSA) is 39.9 Å². The number of hydrogen-bond acceptors (Lipinski definition) is 3. The van der Waals surface area contributed by atoms with Gasteiger partial charge in [0.05, 0.1) is 12.4 Å². The average molecular weight is 282 g/mol. The van der Waals surface area contributed by atoms with Gasteiger partial charge in [-0.15, -0.1) is 0 Å². The largest absolute Gasteiger partial charge is 0.487 e. The maximum Gasteiger partial charge on any atom is 0.138 e. The number of halogens is 1. The maximum atomic E-state index is 5.57. The van der Waals surface area contributed by atoms with Crippen LogP contribution in [0.1, 0.15) is 12.5 Å². The molecular weight excluding hydrogens is 270 g/mol. The molecule has 0 atom stereocenters. The van der Waals surface area contributed by atoms with Crippen molar-refractivity contribution in [1.29, 1.82) is 0 Å². The summed E-state index contributed by atoms with van der Waals surface area (Å²) in [5.74, 6) is 0.757. The van der Waals surface area contributed by atoms with Crippen LogP contribution in [0.25, 0.3) is 0 Å². The Morgan fingerprint density at radius 2 is 2.25 bits per heavy atom. The number of ether oxygens (including phenoxy) is 1. The molecule has 5 heteroatoms. The van der Waals surface area contributed by atoms with Crippen LogP contribution in [-0.2, 0) is 13.2 Å². The molecular formula is C11H12BrN3O. The third-order valence-corrected chi connectivity index (χ3v) is 2.59. The van der Waals surface area contributed by atoms with E-state index in [-0.39, 0.29) is 0 Å². The molecule has 0 unspecified atom stereocenters. The number of rotatable bonds is 4. The Morgan fingerprint density at radius 1 is 1.38 bits per heavy atom. The minimum atomic E-state index is 0.517. The van der Waals surface area contributed by atoms with Gasteiger partial charge in [-0.3, -0.25) is 4.68 Å². The van der Waals surface area contributed by atoms with Crippen molar-refractivity contribution >= 4 is 15.9 Å². The summed E-state index contributed by atoms with van der Waals surface area (Å²) in [6.07, 6.45) is 5.48. The molecule has 2 heterocycles. The molecule has 2 aromatic heterocycles. The van der Waals surface area contributed by atoms with Crippen molar-refractivity contribution in [2.24, 2.45) is 0 Å². The van der Waals surface area contributed by atoms with E-state index in [2.05, 4.69) is 32.9 Å². The molecule has 16 heavy (non-hydrogen) atoms. The van der Waals surface area contributed by atoms with Gasteiger partial charge in [-0.2, -0.15) is 5.10 Å². The van der Waals surface area contributed by atoms with E-state index in [0.29, 0.717) is 6.61 Å². The summed E-state index contributed by atoms with van der Waals surface area (Å²) in [4.78, 5) is 4.08. The Balaban J connectivity index is 1.94. The molecule has 0 aromatic carbocycles. The van der Waals surface area contributed by atoms with Gasteiger partial charge in [0.15, 0.2) is 0 Å². The van der Waals surface area contributed by atoms with Crippen LogP contribution in [0.15, 0.2) is 35.3 Å². The third-order valence-electron chi connectivity index (χ3n) is 2.12. The van der Waals surface area contributed by atoms with Gasteiger partial charge in [0, 0.05) is 18.3 Å². The molecule has 0 radical (unpaired) electrons. The van der Waals surface area contributed by atoms with E-state index in [1.165, 1.54) is 0 Å². The Hall–Kier alpha value is -1.36. The van der Waals surface area contributed by atoms with E-state index in [4.69, 9.17) is 4.74 Å². The third kappa shape index (κ3) is 2.82. The first kappa shape index (κ1) is 11.1. The van der Waals surface area contributed by atoms with Gasteiger partial charge in [-0.25, -0.2) is 4.98 Å². The minimum absolute atomic E-state index is 0.517. The molecule has 0 fully saturated rings. The Morgan fingerprint density at radius 3 is 2.88 bits per heavy atom. The van der Waals surface area contributed by atoms with E-state index >= 15 is 0 Å². The van der Waals surface area contributed by atoms with E-state index in [0.717, 1.165) is 22.5 Å². The summed E-state index contributed by atoms with van der Waals surface area (Å²) in [6, 6.07) is 3.73. The highest BCUT2D eigenvalue weighted by Crippen LogP contribution is 2.14. The van der Waals surface area contributed by atoms with Gasteiger partial charge in [0.1, 0.15) is 17.0 Å².